The fourth-order valence-electron chi connectivity index (χ4n) is 2.12. The third kappa shape index (κ3) is 1.36. The van der Waals surface area contributed by atoms with Gasteiger partial charge in [0.2, 0.25) is 0 Å². The fourth-order valence-corrected chi connectivity index (χ4v) is 2.12. The molecule has 2 aliphatic carbocycles. The van der Waals surface area contributed by atoms with Crippen molar-refractivity contribution in [2.45, 2.75) is 46.0 Å². The third-order valence-corrected chi connectivity index (χ3v) is 3.44. The molecular formula is C11H18. The highest BCUT2D eigenvalue weighted by Crippen LogP contribution is 2.55. The van der Waals surface area contributed by atoms with E-state index >= 15 is 0 Å². The normalized spacial score (nSPS) is 27.4. The van der Waals surface area contributed by atoms with Crippen LogP contribution in [-0.4, -0.2) is 0 Å². The second-order valence-corrected chi connectivity index (χ2v) is 4.64. The van der Waals surface area contributed by atoms with Crippen molar-refractivity contribution in [1.82, 2.24) is 0 Å². The van der Waals surface area contributed by atoms with Gasteiger partial charge in [-0.3, -0.25) is 0 Å². The molecule has 0 aromatic rings. The molecule has 2 aliphatic rings. The highest BCUT2D eigenvalue weighted by atomic mass is 14.5. The molecule has 0 aromatic heterocycles. The van der Waals surface area contributed by atoms with E-state index in [-0.39, 0.29) is 0 Å². The Kier molecular flexibility index (Phi) is 1.59. The average Bonchev–Trinajstić information content (AvgIpc) is 2.70. The molecule has 0 nitrogen and oxygen atoms in total. The van der Waals surface area contributed by atoms with Gasteiger partial charge >= 0.3 is 0 Å². The lowest BCUT2D eigenvalue weighted by atomic mass is 9.83. The van der Waals surface area contributed by atoms with Gasteiger partial charge in [0.25, 0.3) is 0 Å². The molecule has 0 aromatic carbocycles. The molecule has 0 heteroatoms. The molecule has 0 radical (unpaired) electrons. The molecular weight excluding hydrogens is 132 g/mol. The summed E-state index contributed by atoms with van der Waals surface area (Å²) in [4.78, 5) is 0. The Balaban J connectivity index is 2.01. The monoisotopic (exact) mass is 150 g/mol. The van der Waals surface area contributed by atoms with E-state index in [0.717, 1.165) is 11.3 Å². The van der Waals surface area contributed by atoms with Crippen LogP contribution in [0, 0.1) is 11.3 Å². The first-order valence-corrected chi connectivity index (χ1v) is 4.91. The van der Waals surface area contributed by atoms with Crippen LogP contribution in [0.2, 0.25) is 0 Å². The molecule has 0 atom stereocenters. The number of rotatable bonds is 1. The summed E-state index contributed by atoms with van der Waals surface area (Å²) in [6.45, 7) is 4.63. The molecule has 1 spiro atoms. The van der Waals surface area contributed by atoms with Crippen LogP contribution >= 0.6 is 0 Å². The topological polar surface area (TPSA) is 0 Å². The summed E-state index contributed by atoms with van der Waals surface area (Å²) in [6, 6.07) is 0. The second kappa shape index (κ2) is 2.36. The zero-order valence-corrected chi connectivity index (χ0v) is 7.69. The standard InChI is InChI=1S/C11H18/c1-9(2)10-3-5-11(6-4-10)7-8-11/h3,9H,4-8H2,1-2H3. The van der Waals surface area contributed by atoms with E-state index in [2.05, 4.69) is 19.9 Å². The van der Waals surface area contributed by atoms with Gasteiger partial charge in [-0.25, -0.2) is 0 Å². The van der Waals surface area contributed by atoms with Crippen LogP contribution in [0.4, 0.5) is 0 Å². The number of allylic oxidation sites excluding steroid dienone is 2. The van der Waals surface area contributed by atoms with Crippen molar-refractivity contribution in [3.8, 4) is 0 Å². The molecule has 0 N–H and O–H groups in total. The van der Waals surface area contributed by atoms with Crippen molar-refractivity contribution in [2.24, 2.45) is 11.3 Å². The maximum atomic E-state index is 2.52. The zero-order chi connectivity index (χ0) is 7.90. The Morgan fingerprint density at radius 3 is 2.36 bits per heavy atom. The predicted molar refractivity (Wildman–Crippen MR) is 48.4 cm³/mol. The summed E-state index contributed by atoms with van der Waals surface area (Å²) >= 11 is 0. The van der Waals surface area contributed by atoms with E-state index in [1.54, 1.807) is 5.57 Å². The number of hydrogen-bond donors (Lipinski definition) is 0. The lowest BCUT2D eigenvalue weighted by Gasteiger charge is -2.22. The van der Waals surface area contributed by atoms with E-state index in [0.29, 0.717) is 0 Å². The highest BCUT2D eigenvalue weighted by Gasteiger charge is 2.42. The second-order valence-electron chi connectivity index (χ2n) is 4.64. The quantitative estimate of drug-likeness (QED) is 0.502. The van der Waals surface area contributed by atoms with Gasteiger partial charge in [0.1, 0.15) is 0 Å². The Morgan fingerprint density at radius 2 is 2.00 bits per heavy atom. The minimum absolute atomic E-state index is 0.797. The summed E-state index contributed by atoms with van der Waals surface area (Å²) in [5.41, 5.74) is 2.53. The van der Waals surface area contributed by atoms with Crippen molar-refractivity contribution in [2.75, 3.05) is 0 Å². The molecule has 0 saturated heterocycles. The van der Waals surface area contributed by atoms with Crippen molar-refractivity contribution in [3.05, 3.63) is 11.6 Å². The van der Waals surface area contributed by atoms with Gasteiger partial charge in [-0.15, -0.1) is 0 Å². The minimum Gasteiger partial charge on any atom is -0.0845 e. The molecule has 0 bridgehead atoms. The van der Waals surface area contributed by atoms with Gasteiger partial charge in [0, 0.05) is 0 Å². The van der Waals surface area contributed by atoms with Crippen LogP contribution in [0.15, 0.2) is 11.6 Å². The van der Waals surface area contributed by atoms with Gasteiger partial charge in [-0.1, -0.05) is 25.5 Å². The van der Waals surface area contributed by atoms with Crippen LogP contribution < -0.4 is 0 Å². The van der Waals surface area contributed by atoms with Crippen LogP contribution in [-0.2, 0) is 0 Å². The zero-order valence-electron chi connectivity index (χ0n) is 7.69. The van der Waals surface area contributed by atoms with Gasteiger partial charge in [-0.2, -0.15) is 0 Å². The first-order chi connectivity index (χ1) is 5.22. The summed E-state index contributed by atoms with van der Waals surface area (Å²) in [6.07, 6.45) is 9.79. The first-order valence-electron chi connectivity index (χ1n) is 4.91. The van der Waals surface area contributed by atoms with Crippen molar-refractivity contribution >= 4 is 0 Å². The molecule has 0 aliphatic heterocycles. The molecule has 62 valence electrons. The first kappa shape index (κ1) is 7.39. The lowest BCUT2D eigenvalue weighted by molar-refractivity contribution is 0.434. The summed E-state index contributed by atoms with van der Waals surface area (Å²) < 4.78 is 0. The molecule has 0 unspecified atom stereocenters. The smallest absolute Gasteiger partial charge is 0.0259 e. The molecule has 11 heavy (non-hydrogen) atoms. The Labute approximate surface area is 69.7 Å². The maximum Gasteiger partial charge on any atom is -0.0259 e. The van der Waals surface area contributed by atoms with E-state index < -0.39 is 0 Å². The highest BCUT2D eigenvalue weighted by molar-refractivity contribution is 5.15. The molecule has 1 saturated carbocycles. The van der Waals surface area contributed by atoms with Crippen LogP contribution in [0.1, 0.15) is 46.0 Å². The van der Waals surface area contributed by atoms with E-state index in [9.17, 15) is 0 Å². The summed E-state index contributed by atoms with van der Waals surface area (Å²) in [5, 5.41) is 0. The van der Waals surface area contributed by atoms with Gasteiger partial charge in [-0.05, 0) is 43.4 Å². The fraction of sp³-hybridized carbons (Fsp3) is 0.818. The van der Waals surface area contributed by atoms with Gasteiger partial charge < -0.3 is 0 Å². The Bertz CT molecular complexity index is 182. The Morgan fingerprint density at radius 1 is 1.27 bits per heavy atom. The average molecular weight is 150 g/mol. The van der Waals surface area contributed by atoms with Crippen molar-refractivity contribution in [3.63, 3.8) is 0 Å². The predicted octanol–water partition coefficient (Wildman–Crippen LogP) is 3.53. The van der Waals surface area contributed by atoms with Crippen LogP contribution in [0.25, 0.3) is 0 Å². The Hall–Kier alpha value is -0.260. The number of hydrogen-bond acceptors (Lipinski definition) is 0. The van der Waals surface area contributed by atoms with Crippen molar-refractivity contribution < 1.29 is 0 Å². The van der Waals surface area contributed by atoms with E-state index in [1.807, 2.05) is 0 Å². The molecule has 0 heterocycles. The van der Waals surface area contributed by atoms with Gasteiger partial charge in [0.15, 0.2) is 0 Å². The van der Waals surface area contributed by atoms with Gasteiger partial charge in [0.05, 0.1) is 0 Å². The van der Waals surface area contributed by atoms with Crippen molar-refractivity contribution in [1.29, 1.82) is 0 Å². The van der Waals surface area contributed by atoms with E-state index in [4.69, 9.17) is 0 Å². The summed E-state index contributed by atoms with van der Waals surface area (Å²) in [7, 11) is 0. The van der Waals surface area contributed by atoms with E-state index in [1.165, 1.54) is 32.1 Å². The SMILES string of the molecule is CC(C)C1=CCC2(CC1)CC2. The molecule has 2 rings (SSSR count). The third-order valence-electron chi connectivity index (χ3n) is 3.44. The molecule has 1 fully saturated rings. The minimum atomic E-state index is 0.797. The maximum absolute atomic E-state index is 2.52. The molecule has 0 amide bonds. The summed E-state index contributed by atoms with van der Waals surface area (Å²) in [5.74, 6) is 0.797. The van der Waals surface area contributed by atoms with Crippen LogP contribution in [0.3, 0.4) is 0 Å². The lowest BCUT2D eigenvalue weighted by Crippen LogP contribution is -2.08. The largest absolute Gasteiger partial charge is 0.0845 e. The van der Waals surface area contributed by atoms with Crippen LogP contribution in [0.5, 0.6) is 0 Å².